The Morgan fingerprint density at radius 1 is 0.971 bits per heavy atom. The molecule has 0 spiro atoms. The molecule has 8 heteroatoms. The highest BCUT2D eigenvalue weighted by atomic mass is 16.5. The molecule has 0 aliphatic carbocycles. The van der Waals surface area contributed by atoms with Crippen molar-refractivity contribution < 1.29 is 33.3 Å². The van der Waals surface area contributed by atoms with E-state index in [9.17, 15) is 14.7 Å². The van der Waals surface area contributed by atoms with E-state index in [4.69, 9.17) is 23.4 Å². The van der Waals surface area contributed by atoms with Crippen molar-refractivity contribution in [3.8, 4) is 39.9 Å². The number of carbonyl (C=O) groups excluding carboxylic acids is 1. The van der Waals surface area contributed by atoms with E-state index in [-0.39, 0.29) is 34.5 Å². The largest absolute Gasteiger partial charge is 0.507 e. The Morgan fingerprint density at radius 2 is 1.74 bits per heavy atom. The van der Waals surface area contributed by atoms with Crippen LogP contribution in [0.4, 0.5) is 0 Å². The van der Waals surface area contributed by atoms with Crippen LogP contribution < -0.4 is 24.4 Å². The van der Waals surface area contributed by atoms with Gasteiger partial charge in [0.05, 0.1) is 33.3 Å². The van der Waals surface area contributed by atoms with Gasteiger partial charge in [-0.05, 0) is 23.8 Å². The second-order valence-corrected chi connectivity index (χ2v) is 8.03. The summed E-state index contributed by atoms with van der Waals surface area (Å²) in [7, 11) is 4.60. The Morgan fingerprint density at radius 3 is 2.43 bits per heavy atom. The Hall–Kier alpha value is -4.46. The fourth-order valence-corrected chi connectivity index (χ4v) is 4.55. The van der Waals surface area contributed by atoms with Crippen LogP contribution in [0.5, 0.6) is 28.7 Å². The van der Waals surface area contributed by atoms with E-state index < -0.39 is 17.3 Å². The maximum absolute atomic E-state index is 13.5. The number of aromatic hydroxyl groups is 1. The second-order valence-electron chi connectivity index (χ2n) is 8.03. The Bertz CT molecular complexity index is 1500. The minimum Gasteiger partial charge on any atom is -0.507 e. The molecule has 1 aliphatic rings. The summed E-state index contributed by atoms with van der Waals surface area (Å²) in [4.78, 5) is 26.0. The number of hydrogen-bond acceptors (Lipinski definition) is 8. The zero-order valence-electron chi connectivity index (χ0n) is 19.3. The lowest BCUT2D eigenvalue weighted by Gasteiger charge is -2.27. The Balaban J connectivity index is 1.76. The minimum absolute atomic E-state index is 0.00174. The van der Waals surface area contributed by atoms with Crippen LogP contribution in [0.2, 0.25) is 0 Å². The van der Waals surface area contributed by atoms with Gasteiger partial charge in [-0.1, -0.05) is 24.3 Å². The van der Waals surface area contributed by atoms with Gasteiger partial charge in [0.1, 0.15) is 34.5 Å². The first kappa shape index (κ1) is 22.3. The zero-order chi connectivity index (χ0) is 24.7. The molecule has 3 aromatic carbocycles. The number of phenolic OH excluding ortho intramolecular Hbond substituents is 1. The standard InChI is InChI=1S/C27H22O8/c1-31-15-9-7-14(8-10-15)18-13-34-27-23-17(16-5-4-6-20(32-2)26(16)33-3)11-22(29)35-21(23)12-19(28)24(27)25(18)30/h4-10,12-13,17,28H,11H2,1-3H3/t17-/m0/s1. The number of phenols is 1. The summed E-state index contributed by atoms with van der Waals surface area (Å²) in [5, 5.41) is 10.8. The summed E-state index contributed by atoms with van der Waals surface area (Å²) >= 11 is 0. The molecule has 0 saturated heterocycles. The van der Waals surface area contributed by atoms with Gasteiger partial charge in [0.2, 0.25) is 5.43 Å². The SMILES string of the molecule is COc1ccc(-c2coc3c4c(cc(O)c3c2=O)OC(=O)C[C@H]4c2cccc(OC)c2OC)cc1. The van der Waals surface area contributed by atoms with Gasteiger partial charge in [0.15, 0.2) is 11.5 Å². The van der Waals surface area contributed by atoms with Gasteiger partial charge < -0.3 is 28.5 Å². The average Bonchev–Trinajstić information content (AvgIpc) is 2.87. The maximum Gasteiger partial charge on any atom is 0.312 e. The van der Waals surface area contributed by atoms with Crippen molar-refractivity contribution in [1.82, 2.24) is 0 Å². The molecule has 0 bridgehead atoms. The van der Waals surface area contributed by atoms with Gasteiger partial charge in [-0.15, -0.1) is 0 Å². The summed E-state index contributed by atoms with van der Waals surface area (Å²) in [6.45, 7) is 0. The van der Waals surface area contributed by atoms with Crippen LogP contribution in [0.15, 0.2) is 64.0 Å². The third-order valence-electron chi connectivity index (χ3n) is 6.18. The first-order valence-corrected chi connectivity index (χ1v) is 10.8. The molecule has 0 amide bonds. The highest BCUT2D eigenvalue weighted by Gasteiger charge is 2.35. The van der Waals surface area contributed by atoms with Crippen LogP contribution in [0.1, 0.15) is 23.5 Å². The quantitative estimate of drug-likeness (QED) is 0.330. The van der Waals surface area contributed by atoms with Crippen molar-refractivity contribution in [1.29, 1.82) is 0 Å². The van der Waals surface area contributed by atoms with E-state index in [0.29, 0.717) is 33.9 Å². The van der Waals surface area contributed by atoms with Gasteiger partial charge in [0, 0.05) is 23.1 Å². The lowest BCUT2D eigenvalue weighted by atomic mass is 9.84. The predicted molar refractivity (Wildman–Crippen MR) is 128 cm³/mol. The molecule has 1 aromatic heterocycles. The number of para-hydroxylation sites is 1. The second kappa shape index (κ2) is 8.72. The van der Waals surface area contributed by atoms with Crippen LogP contribution in [0, 0.1) is 0 Å². The van der Waals surface area contributed by atoms with E-state index in [1.807, 2.05) is 6.07 Å². The first-order chi connectivity index (χ1) is 17.0. The third kappa shape index (κ3) is 3.63. The van der Waals surface area contributed by atoms with E-state index >= 15 is 0 Å². The first-order valence-electron chi connectivity index (χ1n) is 10.8. The number of hydrogen-bond donors (Lipinski definition) is 1. The zero-order valence-corrected chi connectivity index (χ0v) is 19.3. The number of ether oxygens (including phenoxy) is 4. The van der Waals surface area contributed by atoms with E-state index in [0.717, 1.165) is 0 Å². The maximum atomic E-state index is 13.5. The van der Waals surface area contributed by atoms with E-state index in [1.165, 1.54) is 26.5 Å². The smallest absolute Gasteiger partial charge is 0.312 e. The van der Waals surface area contributed by atoms with Crippen molar-refractivity contribution in [3.05, 3.63) is 76.1 Å². The summed E-state index contributed by atoms with van der Waals surface area (Å²) in [6.07, 6.45) is 1.34. The molecule has 1 atom stereocenters. The summed E-state index contributed by atoms with van der Waals surface area (Å²) < 4.78 is 27.6. The third-order valence-corrected chi connectivity index (χ3v) is 6.18. The Labute approximate surface area is 200 Å². The Kier molecular flexibility index (Phi) is 5.56. The molecule has 8 nitrogen and oxygen atoms in total. The highest BCUT2D eigenvalue weighted by Crippen LogP contribution is 2.49. The van der Waals surface area contributed by atoms with E-state index in [2.05, 4.69) is 0 Å². The molecule has 35 heavy (non-hydrogen) atoms. The normalized spacial score (nSPS) is 14.8. The number of rotatable bonds is 5. The summed E-state index contributed by atoms with van der Waals surface area (Å²) in [6, 6.07) is 13.6. The highest BCUT2D eigenvalue weighted by molar-refractivity contribution is 5.94. The fraction of sp³-hybridized carbons (Fsp3) is 0.185. The predicted octanol–water partition coefficient (Wildman–Crippen LogP) is 4.63. The van der Waals surface area contributed by atoms with Gasteiger partial charge in [-0.2, -0.15) is 0 Å². The monoisotopic (exact) mass is 474 g/mol. The minimum atomic E-state index is -0.561. The molecular weight excluding hydrogens is 452 g/mol. The number of fused-ring (bicyclic) bond motifs is 3. The lowest BCUT2D eigenvalue weighted by Crippen LogP contribution is -2.22. The molecule has 1 aliphatic heterocycles. The van der Waals surface area contributed by atoms with Crippen LogP contribution in [-0.2, 0) is 4.79 Å². The van der Waals surface area contributed by atoms with Crippen molar-refractivity contribution in [3.63, 3.8) is 0 Å². The lowest BCUT2D eigenvalue weighted by molar-refractivity contribution is -0.135. The summed E-state index contributed by atoms with van der Waals surface area (Å²) in [5.74, 6) is 0.344. The molecule has 1 N–H and O–H groups in total. The van der Waals surface area contributed by atoms with Crippen LogP contribution in [-0.4, -0.2) is 32.4 Å². The molecule has 178 valence electrons. The molecular formula is C27H22O8. The molecule has 2 heterocycles. The van der Waals surface area contributed by atoms with Crippen molar-refractivity contribution >= 4 is 16.9 Å². The van der Waals surface area contributed by atoms with Crippen LogP contribution in [0.25, 0.3) is 22.1 Å². The number of benzene rings is 3. The molecule has 0 fully saturated rings. The van der Waals surface area contributed by atoms with Gasteiger partial charge >= 0.3 is 5.97 Å². The van der Waals surface area contributed by atoms with Crippen molar-refractivity contribution in [2.24, 2.45) is 0 Å². The number of carbonyl (C=O) groups is 1. The van der Waals surface area contributed by atoms with E-state index in [1.54, 1.807) is 43.5 Å². The average molecular weight is 474 g/mol. The molecule has 0 radical (unpaired) electrons. The van der Waals surface area contributed by atoms with Gasteiger partial charge in [-0.25, -0.2) is 0 Å². The summed E-state index contributed by atoms with van der Waals surface area (Å²) in [5.41, 5.74) is 1.75. The van der Waals surface area contributed by atoms with Crippen molar-refractivity contribution in [2.75, 3.05) is 21.3 Å². The number of esters is 1. The topological polar surface area (TPSA) is 104 Å². The number of methoxy groups -OCH3 is 3. The van der Waals surface area contributed by atoms with Gasteiger partial charge in [0.25, 0.3) is 0 Å². The molecule has 0 saturated carbocycles. The molecule has 0 unspecified atom stereocenters. The van der Waals surface area contributed by atoms with Gasteiger partial charge in [-0.3, -0.25) is 9.59 Å². The van der Waals surface area contributed by atoms with Crippen LogP contribution in [0.3, 0.4) is 0 Å². The molecule has 4 aromatic rings. The molecule has 5 rings (SSSR count). The van der Waals surface area contributed by atoms with Crippen LogP contribution >= 0.6 is 0 Å². The fourth-order valence-electron chi connectivity index (χ4n) is 4.55. The van der Waals surface area contributed by atoms with Crippen molar-refractivity contribution in [2.45, 2.75) is 12.3 Å².